The van der Waals surface area contributed by atoms with Gasteiger partial charge in [-0.05, 0) is 0 Å². The number of rotatable bonds is 0. The first-order chi connectivity index (χ1) is 1.41. The molecule has 0 rings (SSSR count). The summed E-state index contributed by atoms with van der Waals surface area (Å²) in [5.74, 6) is 0. The van der Waals surface area contributed by atoms with E-state index >= 15 is 0 Å². The maximum absolute atomic E-state index is 8.25. The number of carboxylic acid groups (broad SMARTS) is 1. The molecule has 0 heterocycles. The predicted molar refractivity (Wildman–Crippen MR) is 20.5 cm³/mol. The summed E-state index contributed by atoms with van der Waals surface area (Å²) in [7, 11) is 0. The van der Waals surface area contributed by atoms with Crippen molar-refractivity contribution in [2.75, 3.05) is 0 Å². The molecule has 0 aliphatic carbocycles. The van der Waals surface area contributed by atoms with Crippen LogP contribution in [-0.2, 0) is 21.9 Å². The maximum Gasteiger partial charge on any atom is 1.00 e. The first-order valence-corrected chi connectivity index (χ1v) is 0.471. The van der Waals surface area contributed by atoms with Gasteiger partial charge in [-0.1, -0.05) is 0 Å². The Hall–Kier alpha value is -0.171. The quantitative estimate of drug-likeness (QED) is 0.269. The Balaban J connectivity index is -0.00000000200. The van der Waals surface area contributed by atoms with Crippen LogP contribution in [0.5, 0.6) is 0 Å². The zero-order valence-electron chi connectivity index (χ0n) is 3.70. The Bertz CT molecular complexity index is 16.0. The molecule has 0 aromatic rings. The van der Waals surface area contributed by atoms with Crippen LogP contribution in [0.4, 0.5) is 0 Å². The number of carbonyl (C=O) groups excluding carboxylic acids is 1. The van der Waals surface area contributed by atoms with Gasteiger partial charge in [0.05, 0.1) is 0 Å². The third-order valence-electron chi connectivity index (χ3n) is 0. The summed E-state index contributed by atoms with van der Waals surface area (Å²) in [4.78, 5) is 8.25. The van der Waals surface area contributed by atoms with Crippen LogP contribution in [0.15, 0.2) is 0 Å². The topological polar surface area (TPSA) is 166 Å². The van der Waals surface area contributed by atoms with Crippen LogP contribution in [0.2, 0.25) is 0 Å². The average molecular weight is 181 g/mol. The molecule has 0 saturated carbocycles. The summed E-state index contributed by atoms with van der Waals surface area (Å²) in [5, 5.41) is 8.25. The molecule has 0 fully saturated rings. The number of hydrogen-bond donors (Lipinski definition) is 0. The van der Waals surface area contributed by atoms with Gasteiger partial charge < -0.3 is 31.8 Å². The van der Waals surface area contributed by atoms with Crippen molar-refractivity contribution in [3.8, 4) is 0 Å². The van der Waals surface area contributed by atoms with Crippen LogP contribution >= 0.6 is 0 Å². The van der Waals surface area contributed by atoms with Crippen molar-refractivity contribution in [1.82, 2.24) is 0 Å². The van der Waals surface area contributed by atoms with Gasteiger partial charge in [-0.2, -0.15) is 0 Å². The maximum atomic E-state index is 8.25. The molecule has 0 aliphatic heterocycles. The molecule has 0 bridgehead atoms. The van der Waals surface area contributed by atoms with Crippen molar-refractivity contribution >= 4 is 6.47 Å². The monoisotopic (exact) mass is 180 g/mol. The van der Waals surface area contributed by atoms with Crippen molar-refractivity contribution in [1.29, 1.82) is 0 Å². The Morgan fingerprint density at radius 2 is 1.00 bits per heavy atom. The van der Waals surface area contributed by atoms with Gasteiger partial charge in [-0.3, -0.25) is 0 Å². The van der Waals surface area contributed by atoms with E-state index in [0.717, 1.165) is 0 Å². The summed E-state index contributed by atoms with van der Waals surface area (Å²) in [6.07, 6.45) is 0. The second-order valence-electron chi connectivity index (χ2n) is 0.0962. The predicted octanol–water partition coefficient (Wildman–Crippen LogP) is -4.94. The fourth-order valence-electron chi connectivity index (χ4n) is 0. The van der Waals surface area contributed by atoms with Gasteiger partial charge in [-0.25, -0.2) is 0 Å². The second kappa shape index (κ2) is 337. The third kappa shape index (κ3) is 4680. The summed E-state index contributed by atoms with van der Waals surface area (Å²) in [5.41, 5.74) is 0. The van der Waals surface area contributed by atoms with E-state index in [0.29, 0.717) is 0 Å². The molecule has 0 atom stereocenters. The molecular formula is CH9CuO6. The second-order valence-corrected chi connectivity index (χ2v) is 0.0962. The smallest absolute Gasteiger partial charge is 0.554 e. The molecule has 60 valence electrons. The minimum atomic E-state index is -0.500. The van der Waals surface area contributed by atoms with E-state index in [9.17, 15) is 0 Å². The Morgan fingerprint density at radius 3 is 1.00 bits per heavy atom. The molecule has 0 radical (unpaired) electrons. The normalized spacial score (nSPS) is 1.50. The molecule has 6 nitrogen and oxygen atoms in total. The van der Waals surface area contributed by atoms with Crippen LogP contribution in [0.1, 0.15) is 0 Å². The van der Waals surface area contributed by atoms with Crippen molar-refractivity contribution in [2.45, 2.75) is 0 Å². The van der Waals surface area contributed by atoms with Crippen molar-refractivity contribution in [3.63, 3.8) is 0 Å². The Morgan fingerprint density at radius 1 is 1.00 bits per heavy atom. The summed E-state index contributed by atoms with van der Waals surface area (Å²) >= 11 is 0. The van der Waals surface area contributed by atoms with Gasteiger partial charge in [-0.15, -0.1) is 0 Å². The van der Waals surface area contributed by atoms with E-state index in [4.69, 9.17) is 9.90 Å². The van der Waals surface area contributed by atoms with Gasteiger partial charge >= 0.3 is 17.1 Å². The molecule has 0 unspecified atom stereocenters. The molecule has 0 aromatic heterocycles. The zero-order chi connectivity index (χ0) is 2.71. The molecule has 0 spiro atoms. The summed E-state index contributed by atoms with van der Waals surface area (Å²) in [6.45, 7) is -0.500. The molecule has 0 amide bonds. The van der Waals surface area contributed by atoms with Crippen molar-refractivity contribution < 1.29 is 48.9 Å². The van der Waals surface area contributed by atoms with Crippen molar-refractivity contribution in [3.05, 3.63) is 0 Å². The SMILES string of the molecule is O.O.O.O.O=C[O-].[Cu+]. The van der Waals surface area contributed by atoms with E-state index in [1.54, 1.807) is 0 Å². The van der Waals surface area contributed by atoms with Gasteiger partial charge in [0.2, 0.25) is 0 Å². The summed E-state index contributed by atoms with van der Waals surface area (Å²) < 4.78 is 0. The molecular weight excluding hydrogens is 172 g/mol. The van der Waals surface area contributed by atoms with Gasteiger partial charge in [0, 0.05) is 6.47 Å². The molecule has 8 heavy (non-hydrogen) atoms. The molecule has 0 aliphatic rings. The van der Waals surface area contributed by atoms with Gasteiger partial charge in [0.15, 0.2) is 0 Å². The first-order valence-electron chi connectivity index (χ1n) is 0.471. The summed E-state index contributed by atoms with van der Waals surface area (Å²) in [6, 6.07) is 0. The fraction of sp³-hybridized carbons (Fsp3) is 0. The van der Waals surface area contributed by atoms with E-state index in [2.05, 4.69) is 0 Å². The molecule has 0 saturated heterocycles. The Labute approximate surface area is 56.2 Å². The van der Waals surface area contributed by atoms with Gasteiger partial charge in [0.25, 0.3) is 0 Å². The van der Waals surface area contributed by atoms with Crippen LogP contribution in [0, 0.1) is 0 Å². The molecule has 7 heteroatoms. The first kappa shape index (κ1) is 109. The van der Waals surface area contributed by atoms with Crippen LogP contribution in [0.3, 0.4) is 0 Å². The van der Waals surface area contributed by atoms with E-state index in [-0.39, 0.29) is 39.0 Å². The standard InChI is InChI=1S/CH2O2.Cu.4H2O/c2-1-3;;;;;/h1H,(H,2,3);;4*1H2/q;+1;;;;/p-1. The van der Waals surface area contributed by atoms with E-state index in [1.165, 1.54) is 0 Å². The molecule has 8 N–H and O–H groups in total. The third-order valence-corrected chi connectivity index (χ3v) is 0. The average Bonchev–Trinajstić information content (AvgIpc) is 0.918. The largest absolute Gasteiger partial charge is 1.00 e. The fourth-order valence-corrected chi connectivity index (χ4v) is 0. The van der Waals surface area contributed by atoms with E-state index < -0.39 is 6.47 Å². The van der Waals surface area contributed by atoms with Gasteiger partial charge in [0.1, 0.15) is 0 Å². The van der Waals surface area contributed by atoms with Crippen LogP contribution in [0.25, 0.3) is 0 Å². The van der Waals surface area contributed by atoms with Crippen molar-refractivity contribution in [2.24, 2.45) is 0 Å². The van der Waals surface area contributed by atoms with Crippen LogP contribution in [-0.4, -0.2) is 28.4 Å². The Kier molecular flexibility index (Phi) is 4600. The minimum absolute atomic E-state index is 0. The molecule has 0 aromatic carbocycles. The number of hydrogen-bond acceptors (Lipinski definition) is 2. The minimum Gasteiger partial charge on any atom is -0.554 e. The zero-order valence-corrected chi connectivity index (χ0v) is 4.64. The number of carbonyl (C=O) groups is 1. The van der Waals surface area contributed by atoms with E-state index in [1.807, 2.05) is 0 Å². The van der Waals surface area contributed by atoms with Crippen LogP contribution < -0.4 is 5.11 Å².